The summed E-state index contributed by atoms with van der Waals surface area (Å²) in [6, 6.07) is 17.3. The average molecular weight is 395 g/mol. The second-order valence-electron chi connectivity index (χ2n) is 6.65. The van der Waals surface area contributed by atoms with Crippen molar-refractivity contribution >= 4 is 0 Å². The highest BCUT2D eigenvalue weighted by atomic mass is 15.4. The van der Waals surface area contributed by atoms with E-state index in [2.05, 4.69) is 30.6 Å². The van der Waals surface area contributed by atoms with Gasteiger partial charge in [-0.3, -0.25) is 15.0 Å². The molecule has 0 spiro atoms. The fourth-order valence-corrected chi connectivity index (χ4v) is 3.05. The van der Waals surface area contributed by atoms with Gasteiger partial charge >= 0.3 is 0 Å². The van der Waals surface area contributed by atoms with Crippen molar-refractivity contribution in [2.75, 3.05) is 0 Å². The van der Waals surface area contributed by atoms with Crippen molar-refractivity contribution in [3.63, 3.8) is 0 Å². The van der Waals surface area contributed by atoms with Crippen LogP contribution in [-0.2, 0) is 13.1 Å². The number of nitrogens with zero attached hydrogens (tertiary/aromatic N) is 9. The predicted molar refractivity (Wildman–Crippen MR) is 109 cm³/mol. The van der Waals surface area contributed by atoms with E-state index in [1.807, 2.05) is 67.0 Å². The van der Waals surface area contributed by atoms with Gasteiger partial charge in [0.1, 0.15) is 11.4 Å². The summed E-state index contributed by atoms with van der Waals surface area (Å²) in [5, 5.41) is 16.8. The highest BCUT2D eigenvalue weighted by molar-refractivity contribution is 5.52. The summed E-state index contributed by atoms with van der Waals surface area (Å²) >= 11 is 0. The van der Waals surface area contributed by atoms with E-state index < -0.39 is 0 Å². The van der Waals surface area contributed by atoms with E-state index in [-0.39, 0.29) is 0 Å². The van der Waals surface area contributed by atoms with Crippen LogP contribution in [0.2, 0.25) is 0 Å². The minimum Gasteiger partial charge on any atom is -0.254 e. The average Bonchev–Trinajstić information content (AvgIpc) is 3.45. The SMILES string of the molecule is c1ccc(-c2cn(Cc3cccc(Cn4cc(-c5ccccn5)nn4)n3)nn2)nc1. The van der Waals surface area contributed by atoms with Gasteiger partial charge in [-0.15, -0.1) is 10.2 Å². The predicted octanol–water partition coefficient (Wildman–Crippen LogP) is 2.49. The van der Waals surface area contributed by atoms with Crippen molar-refractivity contribution in [3.8, 4) is 22.8 Å². The van der Waals surface area contributed by atoms with Crippen LogP contribution in [0.25, 0.3) is 22.8 Å². The van der Waals surface area contributed by atoms with Crippen molar-refractivity contribution in [2.45, 2.75) is 13.1 Å². The molecule has 146 valence electrons. The zero-order chi connectivity index (χ0) is 20.2. The number of pyridine rings is 3. The molecule has 9 nitrogen and oxygen atoms in total. The lowest BCUT2D eigenvalue weighted by Crippen LogP contribution is -2.07. The van der Waals surface area contributed by atoms with Gasteiger partial charge in [-0.05, 0) is 36.4 Å². The van der Waals surface area contributed by atoms with Gasteiger partial charge in [0.2, 0.25) is 0 Å². The maximum absolute atomic E-state index is 4.72. The zero-order valence-corrected chi connectivity index (χ0v) is 15.9. The van der Waals surface area contributed by atoms with E-state index in [0.29, 0.717) is 13.1 Å². The van der Waals surface area contributed by atoms with Crippen LogP contribution < -0.4 is 0 Å². The lowest BCUT2D eigenvalue weighted by atomic mass is 10.3. The largest absolute Gasteiger partial charge is 0.254 e. The summed E-state index contributed by atoms with van der Waals surface area (Å²) in [4.78, 5) is 13.3. The molecule has 0 radical (unpaired) electrons. The van der Waals surface area contributed by atoms with Crippen molar-refractivity contribution in [1.82, 2.24) is 44.9 Å². The van der Waals surface area contributed by atoms with Gasteiger partial charge in [0, 0.05) is 12.4 Å². The molecule has 0 amide bonds. The van der Waals surface area contributed by atoms with Crippen LogP contribution >= 0.6 is 0 Å². The molecular weight excluding hydrogens is 378 g/mol. The van der Waals surface area contributed by atoms with E-state index in [1.54, 1.807) is 21.8 Å². The molecule has 0 fully saturated rings. The van der Waals surface area contributed by atoms with Gasteiger partial charge in [0.05, 0.1) is 48.3 Å². The van der Waals surface area contributed by atoms with Crippen molar-refractivity contribution in [2.24, 2.45) is 0 Å². The van der Waals surface area contributed by atoms with E-state index in [9.17, 15) is 0 Å². The Morgan fingerprint density at radius 2 is 1.10 bits per heavy atom. The molecule has 0 N–H and O–H groups in total. The molecular formula is C21H17N9. The molecule has 5 rings (SSSR count). The third-order valence-corrected chi connectivity index (χ3v) is 4.44. The van der Waals surface area contributed by atoms with E-state index >= 15 is 0 Å². The molecule has 5 aromatic heterocycles. The number of aromatic nitrogens is 9. The van der Waals surface area contributed by atoms with Crippen molar-refractivity contribution in [3.05, 3.63) is 90.8 Å². The molecule has 0 aliphatic carbocycles. The van der Waals surface area contributed by atoms with Gasteiger partial charge in [0.25, 0.3) is 0 Å². The Labute approximate surface area is 172 Å². The second kappa shape index (κ2) is 8.00. The van der Waals surface area contributed by atoms with Crippen LogP contribution in [0.3, 0.4) is 0 Å². The Morgan fingerprint density at radius 3 is 1.57 bits per heavy atom. The summed E-state index contributed by atoms with van der Waals surface area (Å²) in [5.41, 5.74) is 4.82. The molecule has 9 heteroatoms. The van der Waals surface area contributed by atoms with E-state index in [1.165, 1.54) is 0 Å². The molecule has 0 saturated heterocycles. The maximum atomic E-state index is 4.72. The molecule has 0 aliphatic rings. The van der Waals surface area contributed by atoms with Crippen LogP contribution in [-0.4, -0.2) is 44.9 Å². The Kier molecular flexibility index (Phi) is 4.75. The summed E-state index contributed by atoms with van der Waals surface area (Å²) in [5.74, 6) is 0. The third-order valence-electron chi connectivity index (χ3n) is 4.44. The Balaban J connectivity index is 1.29. The molecule has 5 aromatic rings. The standard InChI is InChI=1S/C21H17N9/c1-3-10-22-18(8-1)20-14-29(27-25-20)12-16-6-5-7-17(24-16)13-30-15-21(26-28-30)19-9-2-4-11-23-19/h1-11,14-15H,12-13H2. The smallest absolute Gasteiger partial charge is 0.131 e. The van der Waals surface area contributed by atoms with Crippen molar-refractivity contribution < 1.29 is 0 Å². The van der Waals surface area contributed by atoms with Crippen LogP contribution in [0.4, 0.5) is 0 Å². The van der Waals surface area contributed by atoms with Gasteiger partial charge in [-0.25, -0.2) is 9.36 Å². The highest BCUT2D eigenvalue weighted by Gasteiger charge is 2.08. The molecule has 0 atom stereocenters. The monoisotopic (exact) mass is 395 g/mol. The molecule has 0 aromatic carbocycles. The first-order valence-electron chi connectivity index (χ1n) is 9.41. The minimum atomic E-state index is 0.518. The Morgan fingerprint density at radius 1 is 0.567 bits per heavy atom. The lowest BCUT2D eigenvalue weighted by molar-refractivity contribution is 0.618. The molecule has 30 heavy (non-hydrogen) atoms. The quantitative estimate of drug-likeness (QED) is 0.435. The minimum absolute atomic E-state index is 0.518. The first-order chi connectivity index (χ1) is 14.8. The molecule has 0 saturated carbocycles. The normalized spacial score (nSPS) is 10.9. The summed E-state index contributed by atoms with van der Waals surface area (Å²) < 4.78 is 3.51. The number of rotatable bonds is 6. The van der Waals surface area contributed by atoms with Crippen LogP contribution in [0.15, 0.2) is 79.4 Å². The zero-order valence-electron chi connectivity index (χ0n) is 15.9. The second-order valence-corrected chi connectivity index (χ2v) is 6.65. The Hall–Kier alpha value is -4.27. The van der Waals surface area contributed by atoms with Gasteiger partial charge in [-0.2, -0.15) is 0 Å². The van der Waals surface area contributed by atoms with Crippen LogP contribution in [0.5, 0.6) is 0 Å². The van der Waals surface area contributed by atoms with Gasteiger partial charge < -0.3 is 0 Å². The Bertz CT molecular complexity index is 1150. The molecule has 0 bridgehead atoms. The molecule has 0 unspecified atom stereocenters. The summed E-state index contributed by atoms with van der Waals surface area (Å²) in [6.45, 7) is 1.04. The van der Waals surface area contributed by atoms with E-state index in [4.69, 9.17) is 4.98 Å². The van der Waals surface area contributed by atoms with Crippen molar-refractivity contribution in [1.29, 1.82) is 0 Å². The number of hydrogen-bond acceptors (Lipinski definition) is 7. The molecule has 0 aliphatic heterocycles. The van der Waals surface area contributed by atoms with E-state index in [0.717, 1.165) is 34.2 Å². The fraction of sp³-hybridized carbons (Fsp3) is 0.0952. The summed E-state index contributed by atoms with van der Waals surface area (Å²) in [7, 11) is 0. The lowest BCUT2D eigenvalue weighted by Gasteiger charge is -2.04. The first-order valence-corrected chi connectivity index (χ1v) is 9.41. The summed E-state index contributed by atoms with van der Waals surface area (Å²) in [6.07, 6.45) is 7.21. The number of hydrogen-bond donors (Lipinski definition) is 0. The maximum Gasteiger partial charge on any atom is 0.131 e. The first kappa shape index (κ1) is 17.8. The van der Waals surface area contributed by atoms with Crippen LogP contribution in [0, 0.1) is 0 Å². The fourth-order valence-electron chi connectivity index (χ4n) is 3.05. The highest BCUT2D eigenvalue weighted by Crippen LogP contribution is 2.14. The topological polar surface area (TPSA) is 100 Å². The van der Waals surface area contributed by atoms with Gasteiger partial charge in [0.15, 0.2) is 0 Å². The van der Waals surface area contributed by atoms with Crippen LogP contribution in [0.1, 0.15) is 11.4 Å². The third kappa shape index (κ3) is 3.95. The molecule has 5 heterocycles. The van der Waals surface area contributed by atoms with Gasteiger partial charge in [-0.1, -0.05) is 28.6 Å².